The maximum absolute atomic E-state index is 2.37. The SMILES string of the molecule is CC(C)=C/C=C/C=C(C)/C=C/C=C(C)\C=C\C1=C(C)CCCC1(C)C. The third-order valence-electron chi connectivity index (χ3n) is 4.67. The molecule has 0 atom stereocenters. The Balaban J connectivity index is 2.71. The molecule has 25 heavy (non-hydrogen) atoms. The standard InChI is InChI=1S/C25H36/c1-20(2)12-8-9-13-21(3)14-10-15-22(4)17-18-24-23(5)16-11-19-25(24,6)7/h8-10,12-15,17-18H,11,16,19H2,1-7H3/b9-8+,14-10+,18-17+,21-13+,22-15-. The summed E-state index contributed by atoms with van der Waals surface area (Å²) in [5.74, 6) is 0. The van der Waals surface area contributed by atoms with Gasteiger partial charge in [-0.3, -0.25) is 0 Å². The molecule has 0 heterocycles. The number of hydrogen-bond acceptors (Lipinski definition) is 0. The first kappa shape index (κ1) is 21.2. The molecule has 0 heteroatoms. The molecule has 0 amide bonds. The molecule has 0 aromatic carbocycles. The Bertz CT molecular complexity index is 648. The average molecular weight is 337 g/mol. The second-order valence-electron chi connectivity index (χ2n) is 8.07. The molecule has 0 aliphatic heterocycles. The number of allylic oxidation sites excluding steroid dienone is 14. The summed E-state index contributed by atoms with van der Waals surface area (Å²) < 4.78 is 0. The summed E-state index contributed by atoms with van der Waals surface area (Å²) in [5.41, 5.74) is 7.24. The lowest BCUT2D eigenvalue weighted by Crippen LogP contribution is -2.19. The van der Waals surface area contributed by atoms with Gasteiger partial charge in [0.2, 0.25) is 0 Å². The van der Waals surface area contributed by atoms with E-state index in [0.717, 1.165) is 0 Å². The molecule has 0 aromatic rings. The van der Waals surface area contributed by atoms with E-state index >= 15 is 0 Å². The van der Waals surface area contributed by atoms with Crippen LogP contribution in [-0.2, 0) is 0 Å². The van der Waals surface area contributed by atoms with Crippen molar-refractivity contribution in [2.45, 2.75) is 67.7 Å². The predicted molar refractivity (Wildman–Crippen MR) is 115 cm³/mol. The Morgan fingerprint density at radius 3 is 2.08 bits per heavy atom. The zero-order valence-corrected chi connectivity index (χ0v) is 17.3. The van der Waals surface area contributed by atoms with Gasteiger partial charge < -0.3 is 0 Å². The van der Waals surface area contributed by atoms with E-state index in [2.05, 4.69) is 103 Å². The van der Waals surface area contributed by atoms with Crippen molar-refractivity contribution in [1.82, 2.24) is 0 Å². The number of hydrogen-bond donors (Lipinski definition) is 0. The quantitative estimate of drug-likeness (QED) is 0.430. The van der Waals surface area contributed by atoms with Crippen molar-refractivity contribution < 1.29 is 0 Å². The summed E-state index contributed by atoms with van der Waals surface area (Å²) in [6.45, 7) is 15.5. The maximum atomic E-state index is 2.37. The van der Waals surface area contributed by atoms with Crippen LogP contribution in [0.5, 0.6) is 0 Å². The highest BCUT2D eigenvalue weighted by Gasteiger charge is 2.26. The minimum absolute atomic E-state index is 0.311. The molecule has 1 aliphatic carbocycles. The van der Waals surface area contributed by atoms with Gasteiger partial charge in [-0.05, 0) is 64.9 Å². The summed E-state index contributed by atoms with van der Waals surface area (Å²) in [4.78, 5) is 0. The molecule has 136 valence electrons. The van der Waals surface area contributed by atoms with Crippen LogP contribution in [-0.4, -0.2) is 0 Å². The topological polar surface area (TPSA) is 0 Å². The van der Waals surface area contributed by atoms with Crippen molar-refractivity contribution >= 4 is 0 Å². The molecule has 0 fully saturated rings. The van der Waals surface area contributed by atoms with Gasteiger partial charge in [-0.1, -0.05) is 90.8 Å². The lowest BCUT2D eigenvalue weighted by Gasteiger charge is -2.32. The van der Waals surface area contributed by atoms with E-state index in [1.165, 1.54) is 41.6 Å². The van der Waals surface area contributed by atoms with Crippen molar-refractivity contribution in [1.29, 1.82) is 0 Å². The van der Waals surface area contributed by atoms with Crippen molar-refractivity contribution in [2.75, 3.05) is 0 Å². The molecule has 0 saturated heterocycles. The third-order valence-corrected chi connectivity index (χ3v) is 4.67. The molecule has 0 unspecified atom stereocenters. The molecule has 0 nitrogen and oxygen atoms in total. The minimum atomic E-state index is 0.311. The molecule has 0 spiro atoms. The molecular weight excluding hydrogens is 300 g/mol. The minimum Gasteiger partial charge on any atom is -0.0764 e. The zero-order valence-electron chi connectivity index (χ0n) is 17.3. The summed E-state index contributed by atoms with van der Waals surface area (Å²) in [5, 5.41) is 0. The van der Waals surface area contributed by atoms with E-state index in [1.807, 2.05) is 0 Å². The van der Waals surface area contributed by atoms with Gasteiger partial charge in [-0.15, -0.1) is 0 Å². The molecule has 0 N–H and O–H groups in total. The van der Waals surface area contributed by atoms with Crippen LogP contribution in [0.15, 0.2) is 82.5 Å². The highest BCUT2D eigenvalue weighted by molar-refractivity contribution is 5.37. The monoisotopic (exact) mass is 336 g/mol. The van der Waals surface area contributed by atoms with Crippen molar-refractivity contribution in [3.8, 4) is 0 Å². The van der Waals surface area contributed by atoms with Crippen LogP contribution in [0.2, 0.25) is 0 Å². The average Bonchev–Trinajstić information content (AvgIpc) is 2.50. The fourth-order valence-corrected chi connectivity index (χ4v) is 3.14. The Kier molecular flexibility index (Phi) is 8.69. The Hall–Kier alpha value is -1.82. The normalized spacial score (nSPS) is 19.5. The summed E-state index contributed by atoms with van der Waals surface area (Å²) in [7, 11) is 0. The van der Waals surface area contributed by atoms with Crippen LogP contribution in [0.25, 0.3) is 0 Å². The summed E-state index contributed by atoms with van der Waals surface area (Å²) in [6.07, 6.45) is 23.3. The molecule has 0 radical (unpaired) electrons. The van der Waals surface area contributed by atoms with E-state index < -0.39 is 0 Å². The highest BCUT2D eigenvalue weighted by Crippen LogP contribution is 2.40. The van der Waals surface area contributed by atoms with Gasteiger partial charge >= 0.3 is 0 Å². The number of rotatable bonds is 6. The van der Waals surface area contributed by atoms with Crippen molar-refractivity contribution in [2.24, 2.45) is 5.41 Å². The molecule has 0 bridgehead atoms. The van der Waals surface area contributed by atoms with Crippen LogP contribution in [0.1, 0.15) is 67.7 Å². The third kappa shape index (κ3) is 8.20. The smallest absolute Gasteiger partial charge is 0.0104 e. The van der Waals surface area contributed by atoms with Crippen molar-refractivity contribution in [3.05, 3.63) is 82.5 Å². The molecule has 0 saturated carbocycles. The van der Waals surface area contributed by atoms with Gasteiger partial charge in [-0.2, -0.15) is 0 Å². The van der Waals surface area contributed by atoms with Gasteiger partial charge in [0, 0.05) is 0 Å². The first-order valence-corrected chi connectivity index (χ1v) is 9.44. The molecule has 1 aliphatic rings. The van der Waals surface area contributed by atoms with E-state index in [-0.39, 0.29) is 0 Å². The fraction of sp³-hybridized carbons (Fsp3) is 0.440. The zero-order chi connectivity index (χ0) is 18.9. The van der Waals surface area contributed by atoms with Crippen LogP contribution < -0.4 is 0 Å². The van der Waals surface area contributed by atoms with E-state index in [1.54, 1.807) is 5.57 Å². The van der Waals surface area contributed by atoms with Gasteiger partial charge in [0.25, 0.3) is 0 Å². The molecule has 1 rings (SSSR count). The summed E-state index contributed by atoms with van der Waals surface area (Å²) >= 11 is 0. The fourth-order valence-electron chi connectivity index (χ4n) is 3.14. The highest BCUT2D eigenvalue weighted by atomic mass is 14.3. The van der Waals surface area contributed by atoms with Crippen LogP contribution >= 0.6 is 0 Å². The second kappa shape index (κ2) is 10.2. The first-order valence-electron chi connectivity index (χ1n) is 9.44. The van der Waals surface area contributed by atoms with Crippen molar-refractivity contribution in [3.63, 3.8) is 0 Å². The van der Waals surface area contributed by atoms with Gasteiger partial charge in [-0.25, -0.2) is 0 Å². The van der Waals surface area contributed by atoms with Gasteiger partial charge in [0.15, 0.2) is 0 Å². The lowest BCUT2D eigenvalue weighted by atomic mass is 9.72. The van der Waals surface area contributed by atoms with E-state index in [0.29, 0.717) is 5.41 Å². The van der Waals surface area contributed by atoms with E-state index in [9.17, 15) is 0 Å². The predicted octanol–water partition coefficient (Wildman–Crippen LogP) is 8.04. The largest absolute Gasteiger partial charge is 0.0764 e. The maximum Gasteiger partial charge on any atom is -0.0104 e. The lowest BCUT2D eigenvalue weighted by molar-refractivity contribution is 0.377. The van der Waals surface area contributed by atoms with E-state index in [4.69, 9.17) is 0 Å². The van der Waals surface area contributed by atoms with Gasteiger partial charge in [0.1, 0.15) is 0 Å². The van der Waals surface area contributed by atoms with Crippen LogP contribution in [0.3, 0.4) is 0 Å². The molecular formula is C25H36. The van der Waals surface area contributed by atoms with Gasteiger partial charge in [0.05, 0.1) is 0 Å². The summed E-state index contributed by atoms with van der Waals surface area (Å²) in [6, 6.07) is 0. The second-order valence-corrected chi connectivity index (χ2v) is 8.07. The first-order chi connectivity index (χ1) is 11.7. The van der Waals surface area contributed by atoms with Crippen LogP contribution in [0.4, 0.5) is 0 Å². The molecule has 0 aromatic heterocycles. The Labute approximate surface area is 156 Å². The Morgan fingerprint density at radius 1 is 0.840 bits per heavy atom. The van der Waals surface area contributed by atoms with Crippen LogP contribution in [0, 0.1) is 5.41 Å². The Morgan fingerprint density at radius 2 is 1.44 bits per heavy atom.